The van der Waals surface area contributed by atoms with Crippen molar-refractivity contribution in [1.82, 2.24) is 5.43 Å². The lowest BCUT2D eigenvalue weighted by Crippen LogP contribution is -2.20. The highest BCUT2D eigenvalue weighted by Crippen LogP contribution is 2.28. The largest absolute Gasteiger partial charge is 0.507 e. The van der Waals surface area contributed by atoms with Crippen molar-refractivity contribution in [1.29, 1.82) is 0 Å². The van der Waals surface area contributed by atoms with E-state index in [1.54, 1.807) is 30.3 Å². The molecule has 0 saturated heterocycles. The molecule has 3 aromatic rings. The maximum Gasteiger partial charge on any atom is 0.275 e. The molecule has 0 saturated carbocycles. The molecule has 0 heterocycles. The van der Waals surface area contributed by atoms with Gasteiger partial charge in [0.05, 0.1) is 18.4 Å². The van der Waals surface area contributed by atoms with Crippen LogP contribution in [0.1, 0.15) is 28.4 Å². The van der Waals surface area contributed by atoms with Gasteiger partial charge in [0, 0.05) is 5.69 Å². The van der Waals surface area contributed by atoms with Gasteiger partial charge in [-0.25, -0.2) is 5.43 Å². The van der Waals surface area contributed by atoms with Crippen molar-refractivity contribution in [2.24, 2.45) is 5.10 Å². The second-order valence-electron chi connectivity index (χ2n) is 7.06. The molecule has 0 aliphatic heterocycles. The number of carbonyl (C=O) groups is 2. The van der Waals surface area contributed by atoms with Crippen LogP contribution in [-0.2, 0) is 4.79 Å². The average Bonchev–Trinajstić information content (AvgIpc) is 2.80. The minimum absolute atomic E-state index is 0.123. The number of phenols is 1. The van der Waals surface area contributed by atoms with Crippen LogP contribution in [0.5, 0.6) is 17.2 Å². The SMILES string of the molecule is CCOc1cc(/C=N/NC(=O)c2ccccc2O)ccc1OCC(=O)Nc1ccc(C)cc1. The summed E-state index contributed by atoms with van der Waals surface area (Å²) in [7, 11) is 0. The third-order valence-corrected chi connectivity index (χ3v) is 4.49. The third kappa shape index (κ3) is 6.83. The van der Waals surface area contributed by atoms with Crippen molar-refractivity contribution in [3.8, 4) is 17.2 Å². The Balaban J connectivity index is 1.60. The zero-order valence-electron chi connectivity index (χ0n) is 18.4. The molecule has 3 aromatic carbocycles. The van der Waals surface area contributed by atoms with Gasteiger partial charge in [-0.1, -0.05) is 29.8 Å². The molecule has 0 atom stereocenters. The predicted octanol–water partition coefficient (Wildman–Crippen LogP) is 3.88. The van der Waals surface area contributed by atoms with Crippen molar-refractivity contribution >= 4 is 23.7 Å². The highest BCUT2D eigenvalue weighted by Gasteiger charge is 2.11. The third-order valence-electron chi connectivity index (χ3n) is 4.49. The van der Waals surface area contributed by atoms with Crippen LogP contribution in [-0.4, -0.2) is 36.3 Å². The van der Waals surface area contributed by atoms with E-state index in [0.717, 1.165) is 5.56 Å². The first kappa shape index (κ1) is 23.3. The number of hydrazone groups is 1. The number of amides is 2. The number of rotatable bonds is 9. The lowest BCUT2D eigenvalue weighted by Gasteiger charge is -2.12. The normalized spacial score (nSPS) is 10.6. The van der Waals surface area contributed by atoms with Crippen molar-refractivity contribution in [3.63, 3.8) is 0 Å². The van der Waals surface area contributed by atoms with E-state index in [1.165, 1.54) is 18.3 Å². The van der Waals surface area contributed by atoms with Gasteiger partial charge in [0.1, 0.15) is 5.75 Å². The van der Waals surface area contributed by atoms with E-state index in [0.29, 0.717) is 29.4 Å². The van der Waals surface area contributed by atoms with Crippen LogP contribution in [0.25, 0.3) is 0 Å². The number of hydrogen-bond donors (Lipinski definition) is 3. The molecule has 0 bridgehead atoms. The van der Waals surface area contributed by atoms with Gasteiger partial charge in [-0.15, -0.1) is 0 Å². The number of hydrogen-bond acceptors (Lipinski definition) is 6. The van der Waals surface area contributed by atoms with Crippen molar-refractivity contribution in [3.05, 3.63) is 83.4 Å². The van der Waals surface area contributed by atoms with Crippen molar-refractivity contribution in [2.45, 2.75) is 13.8 Å². The molecule has 0 aromatic heterocycles. The molecule has 0 fully saturated rings. The molecule has 0 aliphatic rings. The molecule has 170 valence electrons. The summed E-state index contributed by atoms with van der Waals surface area (Å²) in [5.41, 5.74) is 4.93. The highest BCUT2D eigenvalue weighted by atomic mass is 16.5. The Bertz CT molecular complexity index is 1140. The Hall–Kier alpha value is -4.33. The molecular weight excluding hydrogens is 422 g/mol. The fourth-order valence-electron chi connectivity index (χ4n) is 2.86. The topological polar surface area (TPSA) is 109 Å². The summed E-state index contributed by atoms with van der Waals surface area (Å²) in [6.07, 6.45) is 1.44. The molecule has 3 N–H and O–H groups in total. The van der Waals surface area contributed by atoms with Gasteiger partial charge < -0.3 is 19.9 Å². The fraction of sp³-hybridized carbons (Fsp3) is 0.160. The van der Waals surface area contributed by atoms with Crippen LogP contribution in [0.3, 0.4) is 0 Å². The minimum Gasteiger partial charge on any atom is -0.507 e. The van der Waals surface area contributed by atoms with Gasteiger partial charge in [-0.05, 0) is 61.9 Å². The van der Waals surface area contributed by atoms with Crippen LogP contribution in [0, 0.1) is 6.92 Å². The summed E-state index contributed by atoms with van der Waals surface area (Å²) in [4.78, 5) is 24.3. The summed E-state index contributed by atoms with van der Waals surface area (Å²) in [6.45, 7) is 4.02. The molecule has 0 radical (unpaired) electrons. The fourth-order valence-corrected chi connectivity index (χ4v) is 2.86. The van der Waals surface area contributed by atoms with Gasteiger partial charge in [-0.2, -0.15) is 5.10 Å². The number of ether oxygens (including phenoxy) is 2. The van der Waals surface area contributed by atoms with E-state index >= 15 is 0 Å². The number of para-hydroxylation sites is 1. The molecule has 0 spiro atoms. The highest BCUT2D eigenvalue weighted by molar-refractivity contribution is 5.97. The standard InChI is InChI=1S/C25H25N3O5/c1-3-32-23-14-18(15-26-28-25(31)20-6-4-5-7-21(20)29)10-13-22(23)33-16-24(30)27-19-11-8-17(2)9-12-19/h4-15,29H,3,16H2,1-2H3,(H,27,30)(H,28,31)/b26-15+. The Morgan fingerprint density at radius 2 is 1.76 bits per heavy atom. The van der Waals surface area contributed by atoms with Gasteiger partial charge in [0.25, 0.3) is 11.8 Å². The number of aryl methyl sites for hydroxylation is 1. The first-order chi connectivity index (χ1) is 16.0. The average molecular weight is 447 g/mol. The predicted molar refractivity (Wildman–Crippen MR) is 126 cm³/mol. The van der Waals surface area contributed by atoms with Crippen molar-refractivity contribution < 1.29 is 24.2 Å². The Labute approximate surface area is 191 Å². The van der Waals surface area contributed by atoms with Gasteiger partial charge >= 0.3 is 0 Å². The lowest BCUT2D eigenvalue weighted by atomic mass is 10.2. The second-order valence-corrected chi connectivity index (χ2v) is 7.06. The first-order valence-electron chi connectivity index (χ1n) is 10.3. The molecule has 2 amide bonds. The zero-order chi connectivity index (χ0) is 23.6. The number of anilines is 1. The molecular formula is C25H25N3O5. The Kier molecular flexibility index (Phi) is 8.02. The van der Waals surface area contributed by atoms with E-state index in [4.69, 9.17) is 9.47 Å². The monoisotopic (exact) mass is 447 g/mol. The molecule has 8 nitrogen and oxygen atoms in total. The number of carbonyl (C=O) groups excluding carboxylic acids is 2. The lowest BCUT2D eigenvalue weighted by molar-refractivity contribution is -0.118. The molecule has 0 unspecified atom stereocenters. The summed E-state index contributed by atoms with van der Waals surface area (Å²) < 4.78 is 11.3. The zero-order valence-corrected chi connectivity index (χ0v) is 18.4. The number of nitrogens with zero attached hydrogens (tertiary/aromatic N) is 1. The Morgan fingerprint density at radius 3 is 2.48 bits per heavy atom. The number of phenolic OH excluding ortho intramolecular Hbond substituents is 1. The maximum atomic E-state index is 12.2. The van der Waals surface area contributed by atoms with E-state index < -0.39 is 5.91 Å². The number of benzene rings is 3. The summed E-state index contributed by atoms with van der Waals surface area (Å²) in [5, 5.41) is 16.4. The number of nitrogens with one attached hydrogen (secondary N) is 2. The molecule has 0 aliphatic carbocycles. The van der Waals surface area contributed by atoms with Crippen LogP contribution in [0.4, 0.5) is 5.69 Å². The van der Waals surface area contributed by atoms with Gasteiger partial charge in [-0.3, -0.25) is 9.59 Å². The maximum absolute atomic E-state index is 12.2. The van der Waals surface area contributed by atoms with Crippen molar-refractivity contribution in [2.75, 3.05) is 18.5 Å². The number of aromatic hydroxyl groups is 1. The van der Waals surface area contributed by atoms with E-state index in [2.05, 4.69) is 15.8 Å². The second kappa shape index (κ2) is 11.3. The molecule has 3 rings (SSSR count). The van der Waals surface area contributed by atoms with E-state index in [1.807, 2.05) is 38.1 Å². The summed E-state index contributed by atoms with van der Waals surface area (Å²) in [5.74, 6) is -0.104. The van der Waals surface area contributed by atoms with Gasteiger partial charge in [0.2, 0.25) is 0 Å². The smallest absolute Gasteiger partial charge is 0.275 e. The molecule has 33 heavy (non-hydrogen) atoms. The molecule has 8 heteroatoms. The quantitative estimate of drug-likeness (QED) is 0.341. The van der Waals surface area contributed by atoms with Gasteiger partial charge in [0.15, 0.2) is 18.1 Å². The summed E-state index contributed by atoms with van der Waals surface area (Å²) >= 11 is 0. The minimum atomic E-state index is -0.533. The summed E-state index contributed by atoms with van der Waals surface area (Å²) in [6, 6.07) is 18.7. The first-order valence-corrected chi connectivity index (χ1v) is 10.3. The van der Waals surface area contributed by atoms with Crippen LogP contribution in [0.2, 0.25) is 0 Å². The van der Waals surface area contributed by atoms with Crippen LogP contribution in [0.15, 0.2) is 71.8 Å². The van der Waals surface area contributed by atoms with E-state index in [9.17, 15) is 14.7 Å². The van der Waals surface area contributed by atoms with Crippen LogP contribution < -0.4 is 20.2 Å². The van der Waals surface area contributed by atoms with E-state index in [-0.39, 0.29) is 23.8 Å². The van der Waals surface area contributed by atoms with Crippen LogP contribution >= 0.6 is 0 Å². The Morgan fingerprint density at radius 1 is 1.00 bits per heavy atom.